The zero-order valence-corrected chi connectivity index (χ0v) is 9.35. The molecule has 0 amide bonds. The maximum Gasteiger partial charge on any atom is 0.110 e. The van der Waals surface area contributed by atoms with E-state index < -0.39 is 50.3 Å². The van der Waals surface area contributed by atoms with Crippen LogP contribution in [0.5, 0.6) is 0 Å². The first-order chi connectivity index (χ1) is 7.97. The lowest BCUT2D eigenvalue weighted by Gasteiger charge is -2.28. The number of aliphatic hydroxyl groups excluding tert-OH is 7. The van der Waals surface area contributed by atoms with Gasteiger partial charge in [-0.1, -0.05) is 0 Å². The van der Waals surface area contributed by atoms with Crippen LogP contribution in [0.4, 0.5) is 0 Å². The summed E-state index contributed by atoms with van der Waals surface area (Å²) < 4.78 is 0. The molecule has 0 radical (unpaired) electrons. The summed E-state index contributed by atoms with van der Waals surface area (Å²) in [5.74, 6) is 0. The van der Waals surface area contributed by atoms with E-state index in [0.29, 0.717) is 0 Å². The number of hydrogen-bond acceptors (Lipinski definition) is 8. The van der Waals surface area contributed by atoms with Gasteiger partial charge in [-0.3, -0.25) is 0 Å². The molecule has 8 N–H and O–H groups in total. The van der Waals surface area contributed by atoms with Gasteiger partial charge in [0, 0.05) is 6.54 Å². The van der Waals surface area contributed by atoms with Gasteiger partial charge in [0.1, 0.15) is 12.2 Å². The second-order valence-electron chi connectivity index (χ2n) is 3.76. The second kappa shape index (κ2) is 8.72. The monoisotopic (exact) mass is 255 g/mol. The number of rotatable bonds is 9. The molecule has 5 atom stereocenters. The molecule has 0 spiro atoms. The van der Waals surface area contributed by atoms with Crippen molar-refractivity contribution in [2.75, 3.05) is 26.4 Å². The van der Waals surface area contributed by atoms with Gasteiger partial charge in [0.2, 0.25) is 0 Å². The van der Waals surface area contributed by atoms with E-state index in [1.165, 1.54) is 0 Å². The lowest BCUT2D eigenvalue weighted by molar-refractivity contribution is -0.0926. The Bertz CT molecular complexity index is 194. The molecule has 0 heterocycles. The summed E-state index contributed by atoms with van der Waals surface area (Å²) in [4.78, 5) is 0. The molecule has 8 heteroatoms. The van der Waals surface area contributed by atoms with Gasteiger partial charge in [-0.15, -0.1) is 0 Å². The summed E-state index contributed by atoms with van der Waals surface area (Å²) >= 11 is 0. The molecule has 0 aromatic heterocycles. The Morgan fingerprint density at radius 3 is 1.76 bits per heavy atom. The SMILES string of the molecule is OCC(O)CNC(CO)C(O)C(O)C(O)CO. The molecule has 0 aromatic carbocycles. The smallest absolute Gasteiger partial charge is 0.110 e. The molecule has 0 saturated carbocycles. The third kappa shape index (κ3) is 5.70. The Hall–Kier alpha value is -0.320. The zero-order chi connectivity index (χ0) is 13.4. The van der Waals surface area contributed by atoms with Crippen molar-refractivity contribution in [3.05, 3.63) is 0 Å². The van der Waals surface area contributed by atoms with Crippen LogP contribution in [0.25, 0.3) is 0 Å². The Morgan fingerprint density at radius 1 is 0.765 bits per heavy atom. The van der Waals surface area contributed by atoms with Crippen LogP contribution in [0.3, 0.4) is 0 Å². The van der Waals surface area contributed by atoms with E-state index in [9.17, 15) is 10.2 Å². The fourth-order valence-corrected chi connectivity index (χ4v) is 1.22. The molecule has 0 bridgehead atoms. The minimum absolute atomic E-state index is 0.0965. The first kappa shape index (κ1) is 16.7. The van der Waals surface area contributed by atoms with Crippen LogP contribution in [-0.4, -0.2) is 92.6 Å². The molecule has 0 rings (SSSR count). The zero-order valence-electron chi connectivity index (χ0n) is 9.35. The highest BCUT2D eigenvalue weighted by Crippen LogP contribution is 2.05. The Kier molecular flexibility index (Phi) is 8.56. The van der Waals surface area contributed by atoms with Crippen molar-refractivity contribution in [2.45, 2.75) is 30.5 Å². The molecule has 104 valence electrons. The van der Waals surface area contributed by atoms with E-state index in [-0.39, 0.29) is 6.54 Å². The Morgan fingerprint density at radius 2 is 1.35 bits per heavy atom. The molecule has 0 saturated heterocycles. The van der Waals surface area contributed by atoms with Crippen LogP contribution in [0.2, 0.25) is 0 Å². The lowest BCUT2D eigenvalue weighted by atomic mass is 10.0. The lowest BCUT2D eigenvalue weighted by Crippen LogP contribution is -2.54. The van der Waals surface area contributed by atoms with Crippen LogP contribution >= 0.6 is 0 Å². The van der Waals surface area contributed by atoms with Crippen molar-refractivity contribution >= 4 is 0 Å². The van der Waals surface area contributed by atoms with Gasteiger partial charge in [-0.25, -0.2) is 0 Å². The van der Waals surface area contributed by atoms with E-state index in [2.05, 4.69) is 5.32 Å². The van der Waals surface area contributed by atoms with Crippen LogP contribution in [0, 0.1) is 0 Å². The van der Waals surface area contributed by atoms with E-state index in [4.69, 9.17) is 25.5 Å². The van der Waals surface area contributed by atoms with Gasteiger partial charge >= 0.3 is 0 Å². The van der Waals surface area contributed by atoms with E-state index in [1.807, 2.05) is 0 Å². The topological polar surface area (TPSA) is 154 Å². The van der Waals surface area contributed by atoms with Crippen molar-refractivity contribution < 1.29 is 35.7 Å². The van der Waals surface area contributed by atoms with Gasteiger partial charge < -0.3 is 41.1 Å². The molecule has 0 fully saturated rings. The first-order valence-electron chi connectivity index (χ1n) is 5.26. The van der Waals surface area contributed by atoms with Crippen LogP contribution < -0.4 is 5.32 Å². The highest BCUT2D eigenvalue weighted by Gasteiger charge is 2.30. The van der Waals surface area contributed by atoms with Crippen molar-refractivity contribution in [3.8, 4) is 0 Å². The summed E-state index contributed by atoms with van der Waals surface area (Å²) in [6, 6.07) is -0.993. The molecular weight excluding hydrogens is 234 g/mol. The summed E-state index contributed by atoms with van der Waals surface area (Å²) in [6.07, 6.45) is -5.73. The number of aliphatic hydroxyl groups is 7. The molecule has 17 heavy (non-hydrogen) atoms. The fraction of sp³-hybridized carbons (Fsp3) is 1.00. The van der Waals surface area contributed by atoms with Crippen molar-refractivity contribution in [1.29, 1.82) is 0 Å². The average molecular weight is 255 g/mol. The molecule has 0 aliphatic rings. The average Bonchev–Trinajstić information content (AvgIpc) is 2.36. The predicted octanol–water partition coefficient (Wildman–Crippen LogP) is -4.63. The Balaban J connectivity index is 4.24. The molecule has 0 aromatic rings. The van der Waals surface area contributed by atoms with Gasteiger partial charge in [-0.2, -0.15) is 0 Å². The maximum atomic E-state index is 9.58. The van der Waals surface area contributed by atoms with Crippen LogP contribution in [0.1, 0.15) is 0 Å². The molecule has 5 unspecified atom stereocenters. The van der Waals surface area contributed by atoms with Gasteiger partial charge in [0.15, 0.2) is 0 Å². The third-order valence-corrected chi connectivity index (χ3v) is 2.37. The standard InChI is InChI=1S/C9H21NO7/c11-2-5(14)1-10-6(3-12)8(16)9(17)7(15)4-13/h5-17H,1-4H2. The summed E-state index contributed by atoms with van der Waals surface area (Å²) in [5.41, 5.74) is 0. The maximum absolute atomic E-state index is 9.58. The third-order valence-electron chi connectivity index (χ3n) is 2.37. The van der Waals surface area contributed by atoms with Crippen LogP contribution in [-0.2, 0) is 0 Å². The second-order valence-corrected chi connectivity index (χ2v) is 3.76. The fourth-order valence-electron chi connectivity index (χ4n) is 1.22. The van der Waals surface area contributed by atoms with Gasteiger partial charge in [-0.05, 0) is 0 Å². The van der Waals surface area contributed by atoms with Gasteiger partial charge in [0.05, 0.1) is 38.1 Å². The van der Waals surface area contributed by atoms with Gasteiger partial charge in [0.25, 0.3) is 0 Å². The van der Waals surface area contributed by atoms with E-state index >= 15 is 0 Å². The summed E-state index contributed by atoms with van der Waals surface area (Å²) in [6.45, 7) is -1.85. The molecular formula is C9H21NO7. The quantitative estimate of drug-likeness (QED) is 0.205. The predicted molar refractivity (Wildman–Crippen MR) is 57.1 cm³/mol. The highest BCUT2D eigenvalue weighted by atomic mass is 16.4. The molecule has 0 aliphatic carbocycles. The van der Waals surface area contributed by atoms with Crippen molar-refractivity contribution in [1.82, 2.24) is 5.32 Å². The van der Waals surface area contributed by atoms with Crippen molar-refractivity contribution in [3.63, 3.8) is 0 Å². The molecule has 0 aliphatic heterocycles. The van der Waals surface area contributed by atoms with Crippen molar-refractivity contribution in [2.24, 2.45) is 0 Å². The summed E-state index contributed by atoms with van der Waals surface area (Å²) in [5, 5.41) is 65.7. The number of nitrogens with one attached hydrogen (secondary N) is 1. The normalized spacial score (nSPS) is 20.6. The van der Waals surface area contributed by atoms with E-state index in [1.54, 1.807) is 0 Å². The Labute approximate surface area is 98.8 Å². The minimum Gasteiger partial charge on any atom is -0.395 e. The first-order valence-corrected chi connectivity index (χ1v) is 5.26. The largest absolute Gasteiger partial charge is 0.395 e. The summed E-state index contributed by atoms with van der Waals surface area (Å²) in [7, 11) is 0. The molecule has 8 nitrogen and oxygen atoms in total. The number of hydrogen-bond donors (Lipinski definition) is 8. The van der Waals surface area contributed by atoms with Crippen LogP contribution in [0.15, 0.2) is 0 Å². The minimum atomic E-state index is -1.63. The van der Waals surface area contributed by atoms with E-state index in [0.717, 1.165) is 0 Å². The highest BCUT2D eigenvalue weighted by molar-refractivity contribution is 4.85.